The first kappa shape index (κ1) is 15.2. The highest BCUT2D eigenvalue weighted by molar-refractivity contribution is 5.94. The van der Waals surface area contributed by atoms with E-state index in [0.717, 1.165) is 18.5 Å². The first-order valence-electron chi connectivity index (χ1n) is 6.45. The topological polar surface area (TPSA) is 84.2 Å². The molecule has 0 aliphatic heterocycles. The highest BCUT2D eigenvalue weighted by atomic mass is 16.2. The van der Waals surface area contributed by atoms with Gasteiger partial charge in [-0.1, -0.05) is 18.2 Å². The molecule has 0 bridgehead atoms. The van der Waals surface area contributed by atoms with E-state index in [-0.39, 0.29) is 11.8 Å². The smallest absolute Gasteiger partial charge is 0.241 e. The lowest BCUT2D eigenvalue weighted by Gasteiger charge is -2.12. The summed E-state index contributed by atoms with van der Waals surface area (Å²) in [7, 11) is 0. The molecular weight excluding hydrogens is 242 g/mol. The maximum atomic E-state index is 11.8. The number of carbonyl (C=O) groups is 2. The molecule has 0 heterocycles. The monoisotopic (exact) mass is 263 g/mol. The molecule has 104 valence electrons. The van der Waals surface area contributed by atoms with Crippen LogP contribution in [0.25, 0.3) is 0 Å². The van der Waals surface area contributed by atoms with Gasteiger partial charge in [0.15, 0.2) is 0 Å². The van der Waals surface area contributed by atoms with Gasteiger partial charge in [-0.2, -0.15) is 0 Å². The molecule has 1 atom stereocenters. The van der Waals surface area contributed by atoms with Crippen LogP contribution in [-0.2, 0) is 9.59 Å². The molecule has 5 nitrogen and oxygen atoms in total. The zero-order chi connectivity index (χ0) is 14.1. The first-order valence-corrected chi connectivity index (χ1v) is 6.45. The molecule has 1 rings (SSSR count). The van der Waals surface area contributed by atoms with Crippen molar-refractivity contribution in [2.24, 2.45) is 5.73 Å². The fraction of sp³-hybridized carbons (Fsp3) is 0.429. The molecule has 1 aromatic rings. The molecule has 19 heavy (non-hydrogen) atoms. The molecule has 0 aromatic heterocycles. The van der Waals surface area contributed by atoms with Crippen LogP contribution in [-0.4, -0.2) is 24.4 Å². The van der Waals surface area contributed by atoms with Crippen LogP contribution in [0.4, 0.5) is 5.69 Å². The molecule has 0 radical (unpaired) electrons. The van der Waals surface area contributed by atoms with Crippen LogP contribution in [0.1, 0.15) is 26.2 Å². The lowest BCUT2D eigenvalue weighted by atomic mass is 10.1. The van der Waals surface area contributed by atoms with Gasteiger partial charge in [-0.25, -0.2) is 0 Å². The normalized spacial score (nSPS) is 11.7. The Hall–Kier alpha value is -1.88. The Bertz CT molecular complexity index is 406. The van der Waals surface area contributed by atoms with Gasteiger partial charge in [0.25, 0.3) is 0 Å². The second-order valence-corrected chi connectivity index (χ2v) is 4.44. The Morgan fingerprint density at radius 1 is 1.21 bits per heavy atom. The Kier molecular flexibility index (Phi) is 6.60. The summed E-state index contributed by atoms with van der Waals surface area (Å²) in [6.07, 6.45) is 2.24. The number of rotatable bonds is 7. The molecule has 4 N–H and O–H groups in total. The molecule has 0 aliphatic carbocycles. The number of nitrogens with one attached hydrogen (secondary N) is 2. The summed E-state index contributed by atoms with van der Waals surface area (Å²) >= 11 is 0. The van der Waals surface area contributed by atoms with E-state index in [4.69, 9.17) is 5.73 Å². The van der Waals surface area contributed by atoms with Crippen LogP contribution in [0.5, 0.6) is 0 Å². The number of nitrogens with two attached hydrogens (primary N) is 1. The van der Waals surface area contributed by atoms with Gasteiger partial charge in [-0.15, -0.1) is 0 Å². The lowest BCUT2D eigenvalue weighted by molar-refractivity contribution is -0.119. The molecule has 0 aliphatic rings. The Morgan fingerprint density at radius 2 is 1.89 bits per heavy atom. The van der Waals surface area contributed by atoms with Gasteiger partial charge in [0, 0.05) is 19.2 Å². The summed E-state index contributed by atoms with van der Waals surface area (Å²) in [5.74, 6) is -0.211. The van der Waals surface area contributed by atoms with Crippen LogP contribution in [0, 0.1) is 0 Å². The number of amides is 2. The van der Waals surface area contributed by atoms with Crippen LogP contribution in [0.3, 0.4) is 0 Å². The molecule has 0 unspecified atom stereocenters. The molecule has 5 heteroatoms. The van der Waals surface area contributed by atoms with E-state index in [0.29, 0.717) is 13.0 Å². The van der Waals surface area contributed by atoms with E-state index in [1.54, 1.807) is 0 Å². The number of unbranched alkanes of at least 4 members (excludes halogenated alkanes) is 1. The molecule has 0 saturated carbocycles. The maximum absolute atomic E-state index is 11.8. The average molecular weight is 263 g/mol. The number of para-hydroxylation sites is 1. The van der Waals surface area contributed by atoms with Crippen molar-refractivity contribution in [3.63, 3.8) is 0 Å². The predicted octanol–water partition coefficient (Wildman–Crippen LogP) is 1.26. The summed E-state index contributed by atoms with van der Waals surface area (Å²) < 4.78 is 0. The Morgan fingerprint density at radius 3 is 2.53 bits per heavy atom. The fourth-order valence-electron chi connectivity index (χ4n) is 1.64. The third-order valence-corrected chi connectivity index (χ3v) is 2.69. The first-order chi connectivity index (χ1) is 9.09. The van der Waals surface area contributed by atoms with Crippen molar-refractivity contribution in [2.45, 2.75) is 32.2 Å². The van der Waals surface area contributed by atoms with Gasteiger partial charge in [-0.3, -0.25) is 9.59 Å². The second kappa shape index (κ2) is 8.26. The van der Waals surface area contributed by atoms with E-state index in [2.05, 4.69) is 10.6 Å². The van der Waals surface area contributed by atoms with E-state index in [1.165, 1.54) is 6.92 Å². The molecule has 1 aromatic carbocycles. The van der Waals surface area contributed by atoms with Crippen LogP contribution >= 0.6 is 0 Å². The molecule has 2 amide bonds. The van der Waals surface area contributed by atoms with Crippen molar-refractivity contribution < 1.29 is 9.59 Å². The van der Waals surface area contributed by atoms with Crippen molar-refractivity contribution in [3.8, 4) is 0 Å². The molecular formula is C14H21N3O2. The number of benzene rings is 1. The molecule has 0 fully saturated rings. The van der Waals surface area contributed by atoms with Crippen LogP contribution in [0.15, 0.2) is 30.3 Å². The van der Waals surface area contributed by atoms with Crippen molar-refractivity contribution in [1.29, 1.82) is 0 Å². The largest absolute Gasteiger partial charge is 0.356 e. The standard InChI is InChI=1S/C14H21N3O2/c1-11(18)16-10-6-5-9-13(15)14(19)17-12-7-3-2-4-8-12/h2-4,7-8,13H,5-6,9-10,15H2,1H3,(H,16,18)(H,17,19)/t13-/m0/s1. The lowest BCUT2D eigenvalue weighted by Crippen LogP contribution is -2.35. The summed E-state index contributed by atoms with van der Waals surface area (Å²) in [6, 6.07) is 8.72. The number of hydrogen-bond donors (Lipinski definition) is 3. The highest BCUT2D eigenvalue weighted by Gasteiger charge is 2.12. The van der Waals surface area contributed by atoms with Gasteiger partial charge >= 0.3 is 0 Å². The number of carbonyl (C=O) groups excluding carboxylic acids is 2. The third-order valence-electron chi connectivity index (χ3n) is 2.69. The summed E-state index contributed by atoms with van der Waals surface area (Å²) in [4.78, 5) is 22.4. The van der Waals surface area contributed by atoms with E-state index in [9.17, 15) is 9.59 Å². The highest BCUT2D eigenvalue weighted by Crippen LogP contribution is 2.07. The Balaban J connectivity index is 2.20. The Labute approximate surface area is 113 Å². The van der Waals surface area contributed by atoms with Crippen molar-refractivity contribution >= 4 is 17.5 Å². The third kappa shape index (κ3) is 6.57. The van der Waals surface area contributed by atoms with Gasteiger partial charge < -0.3 is 16.4 Å². The maximum Gasteiger partial charge on any atom is 0.241 e. The number of anilines is 1. The fourth-order valence-corrected chi connectivity index (χ4v) is 1.64. The van der Waals surface area contributed by atoms with Crippen molar-refractivity contribution in [2.75, 3.05) is 11.9 Å². The minimum Gasteiger partial charge on any atom is -0.356 e. The van der Waals surface area contributed by atoms with E-state index >= 15 is 0 Å². The van der Waals surface area contributed by atoms with Gasteiger partial charge in [0.2, 0.25) is 11.8 Å². The predicted molar refractivity (Wildman–Crippen MR) is 75.6 cm³/mol. The zero-order valence-electron chi connectivity index (χ0n) is 11.2. The second-order valence-electron chi connectivity index (χ2n) is 4.44. The molecule has 0 spiro atoms. The molecule has 0 saturated heterocycles. The minimum atomic E-state index is -0.516. The SMILES string of the molecule is CC(=O)NCCCC[C@H](N)C(=O)Nc1ccccc1. The van der Waals surface area contributed by atoms with Crippen LogP contribution < -0.4 is 16.4 Å². The summed E-state index contributed by atoms with van der Waals surface area (Å²) in [5.41, 5.74) is 6.56. The van der Waals surface area contributed by atoms with Gasteiger partial charge in [0.05, 0.1) is 6.04 Å². The van der Waals surface area contributed by atoms with E-state index < -0.39 is 6.04 Å². The van der Waals surface area contributed by atoms with Crippen molar-refractivity contribution in [3.05, 3.63) is 30.3 Å². The van der Waals surface area contributed by atoms with Crippen LogP contribution in [0.2, 0.25) is 0 Å². The minimum absolute atomic E-state index is 0.0360. The van der Waals surface area contributed by atoms with Crippen molar-refractivity contribution in [1.82, 2.24) is 5.32 Å². The quantitative estimate of drug-likeness (QED) is 0.647. The number of hydrogen-bond acceptors (Lipinski definition) is 3. The van der Waals surface area contributed by atoms with E-state index in [1.807, 2.05) is 30.3 Å². The van der Waals surface area contributed by atoms with Gasteiger partial charge in [-0.05, 0) is 31.4 Å². The summed E-state index contributed by atoms with van der Waals surface area (Å²) in [6.45, 7) is 2.11. The summed E-state index contributed by atoms with van der Waals surface area (Å²) in [5, 5.41) is 5.48. The zero-order valence-corrected chi connectivity index (χ0v) is 11.2. The van der Waals surface area contributed by atoms with Gasteiger partial charge in [0.1, 0.15) is 0 Å². The average Bonchev–Trinajstić information content (AvgIpc) is 2.38.